The van der Waals surface area contributed by atoms with Crippen molar-refractivity contribution in [2.24, 2.45) is 0 Å². The first-order chi connectivity index (χ1) is 9.52. The molecule has 1 rings (SSSR count). The third kappa shape index (κ3) is 5.50. The molecular formula is C16H22BrNO3. The summed E-state index contributed by atoms with van der Waals surface area (Å²) in [4.78, 5) is 23.9. The zero-order valence-electron chi connectivity index (χ0n) is 13.1. The minimum Gasteiger partial charge on any atom is -0.455 e. The fourth-order valence-corrected chi connectivity index (χ4v) is 2.01. The fourth-order valence-electron chi connectivity index (χ4n) is 1.75. The van der Waals surface area contributed by atoms with Crippen molar-refractivity contribution in [2.45, 2.75) is 45.6 Å². The highest BCUT2D eigenvalue weighted by molar-refractivity contribution is 9.10. The Morgan fingerprint density at radius 3 is 2.10 bits per heavy atom. The van der Waals surface area contributed by atoms with Gasteiger partial charge in [-0.3, -0.25) is 9.59 Å². The molecule has 1 aromatic carbocycles. The Balaban J connectivity index is 2.66. The van der Waals surface area contributed by atoms with Crippen molar-refractivity contribution in [1.29, 1.82) is 0 Å². The van der Waals surface area contributed by atoms with Crippen molar-refractivity contribution in [1.82, 2.24) is 5.32 Å². The molecule has 116 valence electrons. The van der Waals surface area contributed by atoms with Gasteiger partial charge in [0, 0.05) is 10.0 Å². The van der Waals surface area contributed by atoms with Crippen LogP contribution in [-0.4, -0.2) is 24.0 Å². The molecule has 0 saturated heterocycles. The van der Waals surface area contributed by atoms with Gasteiger partial charge in [0.2, 0.25) is 0 Å². The Bertz CT molecular complexity index is 515. The first-order valence-electron chi connectivity index (χ1n) is 6.76. The summed E-state index contributed by atoms with van der Waals surface area (Å²) in [6, 6.07) is 7.47. The molecule has 0 spiro atoms. The van der Waals surface area contributed by atoms with E-state index in [9.17, 15) is 9.59 Å². The highest BCUT2D eigenvalue weighted by atomic mass is 79.9. The zero-order chi connectivity index (χ0) is 16.3. The molecule has 0 aliphatic rings. The van der Waals surface area contributed by atoms with E-state index in [1.807, 2.05) is 45.0 Å². The molecule has 1 aromatic rings. The van der Waals surface area contributed by atoms with Crippen molar-refractivity contribution in [3.8, 4) is 0 Å². The Hall–Kier alpha value is -1.36. The molecule has 0 unspecified atom stereocenters. The quantitative estimate of drug-likeness (QED) is 0.843. The first kappa shape index (κ1) is 17.7. The molecular weight excluding hydrogens is 334 g/mol. The lowest BCUT2D eigenvalue weighted by Gasteiger charge is -2.24. The van der Waals surface area contributed by atoms with Crippen LogP contribution in [0.5, 0.6) is 0 Å². The van der Waals surface area contributed by atoms with Crippen molar-refractivity contribution in [2.75, 3.05) is 6.61 Å². The van der Waals surface area contributed by atoms with E-state index in [1.165, 1.54) is 0 Å². The van der Waals surface area contributed by atoms with Gasteiger partial charge in [-0.15, -0.1) is 0 Å². The summed E-state index contributed by atoms with van der Waals surface area (Å²) in [6.07, 6.45) is 0. The lowest BCUT2D eigenvalue weighted by Crippen LogP contribution is -2.43. The van der Waals surface area contributed by atoms with Crippen LogP contribution in [0.15, 0.2) is 28.7 Å². The van der Waals surface area contributed by atoms with Gasteiger partial charge in [-0.1, -0.05) is 28.1 Å². The second kappa shape index (κ2) is 6.60. The van der Waals surface area contributed by atoms with Crippen molar-refractivity contribution < 1.29 is 14.3 Å². The number of hydrogen-bond donors (Lipinski definition) is 1. The van der Waals surface area contributed by atoms with Crippen LogP contribution in [-0.2, 0) is 19.7 Å². The maximum absolute atomic E-state index is 12.2. The molecule has 21 heavy (non-hydrogen) atoms. The van der Waals surface area contributed by atoms with Gasteiger partial charge in [0.25, 0.3) is 5.91 Å². The summed E-state index contributed by atoms with van der Waals surface area (Å²) in [5.41, 5.74) is -0.306. The van der Waals surface area contributed by atoms with E-state index in [-0.39, 0.29) is 18.1 Å². The third-order valence-corrected chi connectivity index (χ3v) is 3.45. The number of carbonyl (C=O) groups is 2. The molecule has 0 atom stereocenters. The second-order valence-corrected chi connectivity index (χ2v) is 7.42. The normalized spacial score (nSPS) is 11.9. The SMILES string of the molecule is CC(C)(C)NC(=O)COC(=O)C(C)(C)c1ccc(Br)cc1. The van der Waals surface area contributed by atoms with Crippen LogP contribution in [0, 0.1) is 0 Å². The van der Waals surface area contributed by atoms with Gasteiger partial charge in [0.05, 0.1) is 5.41 Å². The van der Waals surface area contributed by atoms with Gasteiger partial charge in [-0.25, -0.2) is 0 Å². The number of carbonyl (C=O) groups excluding carboxylic acids is 2. The second-order valence-electron chi connectivity index (χ2n) is 6.51. The van der Waals surface area contributed by atoms with Crippen molar-refractivity contribution in [3.05, 3.63) is 34.3 Å². The topological polar surface area (TPSA) is 55.4 Å². The van der Waals surface area contributed by atoms with Gasteiger partial charge in [-0.2, -0.15) is 0 Å². The minimum absolute atomic E-state index is 0.268. The molecule has 0 heterocycles. The number of benzene rings is 1. The molecule has 0 fully saturated rings. The lowest BCUT2D eigenvalue weighted by molar-refractivity contribution is -0.153. The zero-order valence-corrected chi connectivity index (χ0v) is 14.7. The summed E-state index contributed by atoms with van der Waals surface area (Å²) in [6.45, 7) is 8.91. The van der Waals surface area contributed by atoms with E-state index >= 15 is 0 Å². The standard InChI is InChI=1S/C16H22BrNO3/c1-15(2,3)18-13(19)10-21-14(20)16(4,5)11-6-8-12(17)9-7-11/h6-9H,10H2,1-5H3,(H,18,19). The van der Waals surface area contributed by atoms with Crippen molar-refractivity contribution in [3.63, 3.8) is 0 Å². The van der Waals surface area contributed by atoms with Gasteiger partial charge in [0.1, 0.15) is 0 Å². The largest absolute Gasteiger partial charge is 0.455 e. The van der Waals surface area contributed by atoms with Gasteiger partial charge < -0.3 is 10.1 Å². The summed E-state index contributed by atoms with van der Waals surface area (Å²) >= 11 is 3.36. The van der Waals surface area contributed by atoms with Crippen LogP contribution in [0.4, 0.5) is 0 Å². The molecule has 1 amide bonds. The third-order valence-electron chi connectivity index (χ3n) is 2.92. The average Bonchev–Trinajstić information content (AvgIpc) is 2.34. The molecule has 0 radical (unpaired) electrons. The van der Waals surface area contributed by atoms with Gasteiger partial charge in [0.15, 0.2) is 6.61 Å². The predicted octanol–water partition coefficient (Wildman–Crippen LogP) is 3.18. The fraction of sp³-hybridized carbons (Fsp3) is 0.500. The molecule has 0 aliphatic carbocycles. The predicted molar refractivity (Wildman–Crippen MR) is 86.0 cm³/mol. The minimum atomic E-state index is -0.803. The Morgan fingerprint density at radius 1 is 1.10 bits per heavy atom. The number of hydrogen-bond acceptors (Lipinski definition) is 3. The van der Waals surface area contributed by atoms with Gasteiger partial charge >= 0.3 is 5.97 Å². The maximum Gasteiger partial charge on any atom is 0.316 e. The number of rotatable bonds is 4. The summed E-state index contributed by atoms with van der Waals surface area (Å²) in [5, 5.41) is 2.75. The molecule has 0 aliphatic heterocycles. The van der Waals surface area contributed by atoms with E-state index in [4.69, 9.17) is 4.74 Å². The van der Waals surface area contributed by atoms with E-state index < -0.39 is 11.4 Å². The van der Waals surface area contributed by atoms with Gasteiger partial charge in [-0.05, 0) is 52.3 Å². The number of ether oxygens (including phenoxy) is 1. The molecule has 1 N–H and O–H groups in total. The van der Waals surface area contributed by atoms with Crippen LogP contribution in [0.25, 0.3) is 0 Å². The Labute approximate surface area is 134 Å². The van der Waals surface area contributed by atoms with E-state index in [0.717, 1.165) is 10.0 Å². The van der Waals surface area contributed by atoms with E-state index in [1.54, 1.807) is 13.8 Å². The number of nitrogens with one attached hydrogen (secondary N) is 1. The summed E-state index contributed by atoms with van der Waals surface area (Å²) < 4.78 is 6.08. The van der Waals surface area contributed by atoms with Crippen LogP contribution in [0.1, 0.15) is 40.2 Å². The summed E-state index contributed by atoms with van der Waals surface area (Å²) in [5.74, 6) is -0.726. The Kier molecular flexibility index (Phi) is 5.56. The summed E-state index contributed by atoms with van der Waals surface area (Å²) in [7, 11) is 0. The van der Waals surface area contributed by atoms with Crippen LogP contribution >= 0.6 is 15.9 Å². The molecule has 0 bridgehead atoms. The molecule has 4 nitrogen and oxygen atoms in total. The van der Waals surface area contributed by atoms with Crippen LogP contribution in [0.3, 0.4) is 0 Å². The number of esters is 1. The highest BCUT2D eigenvalue weighted by Crippen LogP contribution is 2.26. The maximum atomic E-state index is 12.2. The monoisotopic (exact) mass is 355 g/mol. The first-order valence-corrected chi connectivity index (χ1v) is 7.56. The Morgan fingerprint density at radius 2 is 1.62 bits per heavy atom. The lowest BCUT2D eigenvalue weighted by atomic mass is 9.85. The molecule has 5 heteroatoms. The van der Waals surface area contributed by atoms with E-state index in [0.29, 0.717) is 0 Å². The van der Waals surface area contributed by atoms with Crippen molar-refractivity contribution >= 4 is 27.8 Å². The highest BCUT2D eigenvalue weighted by Gasteiger charge is 2.32. The van der Waals surface area contributed by atoms with E-state index in [2.05, 4.69) is 21.2 Å². The average molecular weight is 356 g/mol. The molecule has 0 aromatic heterocycles. The van der Waals surface area contributed by atoms with Crippen LogP contribution in [0.2, 0.25) is 0 Å². The smallest absolute Gasteiger partial charge is 0.316 e. The number of amides is 1. The molecule has 0 saturated carbocycles. The number of halogens is 1. The van der Waals surface area contributed by atoms with Crippen LogP contribution < -0.4 is 5.32 Å².